The molecule has 8 heteroatoms. The summed E-state index contributed by atoms with van der Waals surface area (Å²) in [6.45, 7) is 6.83. The van der Waals surface area contributed by atoms with Gasteiger partial charge in [0.25, 0.3) is 5.91 Å². The van der Waals surface area contributed by atoms with E-state index in [2.05, 4.69) is 31.4 Å². The van der Waals surface area contributed by atoms with Crippen molar-refractivity contribution < 1.29 is 23.5 Å². The third-order valence-corrected chi connectivity index (χ3v) is 6.55. The van der Waals surface area contributed by atoms with Crippen molar-refractivity contribution in [3.05, 3.63) is 59.5 Å². The molecule has 0 saturated carbocycles. The van der Waals surface area contributed by atoms with Crippen molar-refractivity contribution in [2.24, 2.45) is 5.92 Å². The first kappa shape index (κ1) is 28.7. The maximum Gasteiger partial charge on any atom is 0.337 e. The predicted octanol–water partition coefficient (Wildman–Crippen LogP) is 4.86. The van der Waals surface area contributed by atoms with Gasteiger partial charge in [-0.15, -0.1) is 11.8 Å². The molecule has 0 radical (unpaired) electrons. The van der Waals surface area contributed by atoms with E-state index < -0.39 is 5.97 Å². The fourth-order valence-corrected chi connectivity index (χ4v) is 4.59. The number of nitrogens with one attached hydrogen (secondary N) is 2. The lowest BCUT2D eigenvalue weighted by Crippen LogP contribution is -2.48. The van der Waals surface area contributed by atoms with Gasteiger partial charge in [-0.3, -0.25) is 9.59 Å². The number of unbranched alkanes of at least 4 members (excludes halogenated alkanes) is 1. The van der Waals surface area contributed by atoms with Crippen molar-refractivity contribution in [3.8, 4) is 0 Å². The minimum Gasteiger partial charge on any atom is -0.468 e. The number of Topliss-reactive ketones (excluding diaryl/α,β-unsaturated/α-hetero) is 1. The highest BCUT2D eigenvalue weighted by Crippen LogP contribution is 2.15. The predicted molar refractivity (Wildman–Crippen MR) is 140 cm³/mol. The third-order valence-electron chi connectivity index (χ3n) is 5.57. The van der Waals surface area contributed by atoms with Gasteiger partial charge >= 0.3 is 5.97 Å². The monoisotopic (exact) mass is 502 g/mol. The number of amides is 1. The molecule has 2 N–H and O–H groups in total. The summed E-state index contributed by atoms with van der Waals surface area (Å²) in [7, 11) is 1.32. The molecule has 0 bridgehead atoms. The molecule has 2 unspecified atom stereocenters. The number of ketones is 1. The van der Waals surface area contributed by atoms with E-state index in [0.717, 1.165) is 31.4 Å². The van der Waals surface area contributed by atoms with Gasteiger partial charge in [-0.05, 0) is 55.2 Å². The van der Waals surface area contributed by atoms with Crippen LogP contribution in [-0.4, -0.2) is 49.2 Å². The molecule has 2 aromatic rings. The molecule has 0 aliphatic carbocycles. The van der Waals surface area contributed by atoms with Crippen LogP contribution in [0.1, 0.15) is 72.9 Å². The van der Waals surface area contributed by atoms with Crippen molar-refractivity contribution in [2.75, 3.05) is 19.4 Å². The van der Waals surface area contributed by atoms with E-state index in [1.54, 1.807) is 42.3 Å². The second-order valence-electron chi connectivity index (χ2n) is 9.01. The van der Waals surface area contributed by atoms with Crippen molar-refractivity contribution in [1.82, 2.24) is 10.6 Å². The van der Waals surface area contributed by atoms with Gasteiger partial charge in [0.2, 0.25) is 0 Å². The highest BCUT2D eigenvalue weighted by Gasteiger charge is 2.21. The highest BCUT2D eigenvalue weighted by molar-refractivity contribution is 7.99. The average Bonchev–Trinajstić information content (AvgIpc) is 3.36. The normalized spacial score (nSPS) is 12.8. The van der Waals surface area contributed by atoms with Gasteiger partial charge in [0.1, 0.15) is 5.76 Å². The second kappa shape index (κ2) is 15.4. The van der Waals surface area contributed by atoms with E-state index in [1.807, 2.05) is 12.1 Å². The zero-order chi connectivity index (χ0) is 25.6. The van der Waals surface area contributed by atoms with Crippen LogP contribution in [-0.2, 0) is 15.3 Å². The number of thioether (sulfide) groups is 1. The van der Waals surface area contributed by atoms with E-state index in [-0.39, 0.29) is 23.8 Å². The van der Waals surface area contributed by atoms with Gasteiger partial charge in [-0.2, -0.15) is 0 Å². The number of carbonyl (C=O) groups excluding carboxylic acids is 3. The Morgan fingerprint density at radius 2 is 1.80 bits per heavy atom. The zero-order valence-corrected chi connectivity index (χ0v) is 22.0. The van der Waals surface area contributed by atoms with Gasteiger partial charge in [0.05, 0.1) is 36.5 Å². The molecular formula is C27H38N2O5S. The maximum atomic E-state index is 12.9. The minimum atomic E-state index is -0.441. The number of rotatable bonds is 16. The smallest absolute Gasteiger partial charge is 0.337 e. The van der Waals surface area contributed by atoms with Crippen LogP contribution in [0, 0.1) is 5.92 Å². The van der Waals surface area contributed by atoms with Crippen LogP contribution in [0.25, 0.3) is 0 Å². The van der Waals surface area contributed by atoms with Crippen molar-refractivity contribution >= 4 is 29.4 Å². The molecule has 2 rings (SSSR count). The molecule has 1 amide bonds. The molecule has 2 atom stereocenters. The number of esters is 1. The van der Waals surface area contributed by atoms with Gasteiger partial charge in [0, 0.05) is 18.2 Å². The molecule has 1 aromatic heterocycles. The highest BCUT2D eigenvalue weighted by atomic mass is 32.2. The number of hydrogen-bond acceptors (Lipinski definition) is 7. The molecule has 192 valence electrons. The van der Waals surface area contributed by atoms with Gasteiger partial charge in [-0.1, -0.05) is 33.6 Å². The lowest BCUT2D eigenvalue weighted by atomic mass is 10.0. The fraction of sp³-hybridized carbons (Fsp3) is 0.519. The summed E-state index contributed by atoms with van der Waals surface area (Å²) in [6, 6.07) is 9.77. The number of ether oxygens (including phenoxy) is 1. The van der Waals surface area contributed by atoms with Crippen LogP contribution in [0.2, 0.25) is 0 Å². The van der Waals surface area contributed by atoms with Crippen LogP contribution in [0.5, 0.6) is 0 Å². The first-order valence-electron chi connectivity index (χ1n) is 12.2. The molecule has 0 spiro atoms. The summed E-state index contributed by atoms with van der Waals surface area (Å²) >= 11 is 1.55. The lowest BCUT2D eigenvalue weighted by molar-refractivity contribution is -0.118. The summed E-state index contributed by atoms with van der Waals surface area (Å²) in [6.07, 6.45) is 5.16. The molecule has 0 aliphatic heterocycles. The average molecular weight is 503 g/mol. The van der Waals surface area contributed by atoms with Gasteiger partial charge in [0.15, 0.2) is 5.78 Å². The Labute approximate surface area is 212 Å². The van der Waals surface area contributed by atoms with Crippen LogP contribution in [0.3, 0.4) is 0 Å². The lowest BCUT2D eigenvalue weighted by Gasteiger charge is -2.25. The molecule has 1 aromatic carbocycles. The Morgan fingerprint density at radius 3 is 2.40 bits per heavy atom. The topological polar surface area (TPSA) is 97.6 Å². The Kier molecular flexibility index (Phi) is 12.6. The van der Waals surface area contributed by atoms with Crippen molar-refractivity contribution in [3.63, 3.8) is 0 Å². The standard InChI is InChI=1S/C27H38N2O5S/c1-5-6-9-24(25(30)18-35-17-23-8-7-14-34-23)28-16-22(15-19(2)3)29-26(31)20-10-12-21(13-11-20)27(32)33-4/h7-8,10-14,19,22,24,28H,5-6,9,15-18H2,1-4H3,(H,29,31). The minimum absolute atomic E-state index is 0.129. The fourth-order valence-electron chi connectivity index (χ4n) is 3.72. The first-order chi connectivity index (χ1) is 16.8. The maximum absolute atomic E-state index is 12.9. The van der Waals surface area contributed by atoms with Crippen molar-refractivity contribution in [2.45, 2.75) is 64.3 Å². The van der Waals surface area contributed by atoms with Gasteiger partial charge < -0.3 is 19.8 Å². The zero-order valence-electron chi connectivity index (χ0n) is 21.2. The number of benzene rings is 1. The Balaban J connectivity index is 1.96. The molecule has 1 heterocycles. The quantitative estimate of drug-likeness (QED) is 0.316. The molecule has 0 aliphatic rings. The number of carbonyl (C=O) groups is 3. The number of methoxy groups -OCH3 is 1. The largest absolute Gasteiger partial charge is 0.468 e. The van der Waals surface area contributed by atoms with E-state index in [0.29, 0.717) is 35.1 Å². The Morgan fingerprint density at radius 1 is 1.09 bits per heavy atom. The molecule has 35 heavy (non-hydrogen) atoms. The van der Waals surface area contributed by atoms with Crippen LogP contribution >= 0.6 is 11.8 Å². The van der Waals surface area contributed by atoms with E-state index in [9.17, 15) is 14.4 Å². The van der Waals surface area contributed by atoms with Crippen molar-refractivity contribution in [1.29, 1.82) is 0 Å². The van der Waals surface area contributed by atoms with E-state index >= 15 is 0 Å². The van der Waals surface area contributed by atoms with Crippen LogP contribution < -0.4 is 10.6 Å². The molecule has 7 nitrogen and oxygen atoms in total. The Bertz CT molecular complexity index is 912. The second-order valence-corrected chi connectivity index (χ2v) is 10.00. The van der Waals surface area contributed by atoms with E-state index in [1.165, 1.54) is 7.11 Å². The molecular weight excluding hydrogens is 464 g/mol. The summed E-state index contributed by atoms with van der Waals surface area (Å²) in [5.74, 6) is 1.83. The third kappa shape index (κ3) is 10.3. The SMILES string of the molecule is CCCCC(NCC(CC(C)C)NC(=O)c1ccc(C(=O)OC)cc1)C(=O)CSCc1ccco1. The number of furan rings is 1. The summed E-state index contributed by atoms with van der Waals surface area (Å²) in [5, 5.41) is 6.52. The molecule has 0 saturated heterocycles. The van der Waals surface area contributed by atoms with Crippen LogP contribution in [0.4, 0.5) is 0 Å². The molecule has 0 fully saturated rings. The summed E-state index contributed by atoms with van der Waals surface area (Å²) in [4.78, 5) is 37.4. The van der Waals surface area contributed by atoms with E-state index in [4.69, 9.17) is 9.15 Å². The first-order valence-corrected chi connectivity index (χ1v) is 13.3. The van der Waals surface area contributed by atoms with Gasteiger partial charge in [-0.25, -0.2) is 4.79 Å². The summed E-state index contributed by atoms with van der Waals surface area (Å²) < 4.78 is 10.1. The Hall–Kier alpha value is -2.58. The van der Waals surface area contributed by atoms with Crippen LogP contribution in [0.15, 0.2) is 47.1 Å². The summed E-state index contributed by atoms with van der Waals surface area (Å²) in [5.41, 5.74) is 0.867. The number of hydrogen-bond donors (Lipinski definition) is 2.